The number of carbonyl (C=O) groups excluding carboxylic acids is 1. The second-order valence-corrected chi connectivity index (χ2v) is 5.38. The number of nitrogens with one attached hydrogen (secondary N) is 2. The average molecular weight is 322 g/mol. The molecule has 10 heteroatoms. The molecule has 2 heterocycles. The van der Waals surface area contributed by atoms with Crippen LogP contribution in [0.5, 0.6) is 0 Å². The van der Waals surface area contributed by atoms with Crippen LogP contribution in [0, 0.1) is 0 Å². The van der Waals surface area contributed by atoms with E-state index in [1.54, 1.807) is 6.92 Å². The maximum Gasteiger partial charge on any atom is 0.411 e. The van der Waals surface area contributed by atoms with E-state index in [1.165, 1.54) is 18.1 Å². The summed E-state index contributed by atoms with van der Waals surface area (Å²) in [5, 5.41) is 6.17. The molecule has 0 spiro atoms. The lowest BCUT2D eigenvalue weighted by Crippen LogP contribution is -2.28. The Morgan fingerprint density at radius 3 is 3.00 bits per heavy atom. The van der Waals surface area contributed by atoms with Crippen LogP contribution in [0.1, 0.15) is 6.92 Å². The van der Waals surface area contributed by atoms with Gasteiger partial charge in [0.15, 0.2) is 5.82 Å². The highest BCUT2D eigenvalue weighted by Crippen LogP contribution is 2.33. The maximum absolute atomic E-state index is 12.0. The van der Waals surface area contributed by atoms with Crippen LogP contribution < -0.4 is 10.6 Å². The number of anilines is 2. The van der Waals surface area contributed by atoms with Crippen LogP contribution in [0.3, 0.4) is 0 Å². The Bertz CT molecular complexity index is 527. The van der Waals surface area contributed by atoms with Gasteiger partial charge >= 0.3 is 6.18 Å². The minimum absolute atomic E-state index is 0.140. The van der Waals surface area contributed by atoms with Crippen LogP contribution in [0.4, 0.5) is 24.7 Å². The zero-order valence-corrected chi connectivity index (χ0v) is 11.8. The molecule has 0 bridgehead atoms. The molecule has 1 unspecified atom stereocenters. The molecule has 1 aromatic rings. The van der Waals surface area contributed by atoms with E-state index in [2.05, 4.69) is 25.3 Å². The zero-order chi connectivity index (χ0) is 15.5. The van der Waals surface area contributed by atoms with Gasteiger partial charge in [-0.1, -0.05) is 11.8 Å². The zero-order valence-electron chi connectivity index (χ0n) is 11.0. The van der Waals surface area contributed by atoms with Crippen molar-refractivity contribution in [2.24, 2.45) is 0 Å². The van der Waals surface area contributed by atoms with Crippen molar-refractivity contribution >= 4 is 29.2 Å². The molecule has 116 valence electrons. The molecule has 0 radical (unpaired) electrons. The third kappa shape index (κ3) is 4.74. The second-order valence-electron chi connectivity index (χ2n) is 4.41. The van der Waals surface area contributed by atoms with Crippen molar-refractivity contribution in [1.29, 1.82) is 0 Å². The summed E-state index contributed by atoms with van der Waals surface area (Å²) in [4.78, 5) is 19.4. The molecule has 0 fully saturated rings. The van der Waals surface area contributed by atoms with Gasteiger partial charge in [0.05, 0.1) is 12.4 Å². The largest absolute Gasteiger partial charge is 0.411 e. The number of carbonyl (C=O) groups is 1. The summed E-state index contributed by atoms with van der Waals surface area (Å²) in [7, 11) is 0. The Balaban J connectivity index is 1.95. The number of halogens is 3. The van der Waals surface area contributed by atoms with Gasteiger partial charge in [0.2, 0.25) is 5.91 Å². The molecule has 2 N–H and O–H groups in total. The Hall–Kier alpha value is -1.55. The first-order valence-corrected chi connectivity index (χ1v) is 7.02. The van der Waals surface area contributed by atoms with Gasteiger partial charge in [0.1, 0.15) is 23.6 Å². The molecule has 1 amide bonds. The van der Waals surface area contributed by atoms with E-state index in [0.717, 1.165) is 0 Å². The lowest BCUT2D eigenvalue weighted by Gasteiger charge is -2.21. The van der Waals surface area contributed by atoms with Crippen molar-refractivity contribution in [2.45, 2.75) is 24.2 Å². The van der Waals surface area contributed by atoms with Gasteiger partial charge < -0.3 is 15.4 Å². The number of alkyl halides is 3. The minimum atomic E-state index is -4.35. The topological polar surface area (TPSA) is 76.1 Å². The van der Waals surface area contributed by atoms with E-state index < -0.39 is 18.8 Å². The van der Waals surface area contributed by atoms with Gasteiger partial charge in [-0.3, -0.25) is 4.79 Å². The summed E-state index contributed by atoms with van der Waals surface area (Å²) < 4.78 is 40.5. The number of nitrogens with zero attached hydrogens (tertiary/aromatic N) is 2. The van der Waals surface area contributed by atoms with Gasteiger partial charge in [-0.05, 0) is 6.92 Å². The van der Waals surface area contributed by atoms with Crippen LogP contribution >= 0.6 is 11.8 Å². The van der Waals surface area contributed by atoms with E-state index in [1.807, 2.05) is 0 Å². The summed E-state index contributed by atoms with van der Waals surface area (Å²) in [6.07, 6.45) is -3.02. The number of aromatic nitrogens is 2. The van der Waals surface area contributed by atoms with Crippen molar-refractivity contribution in [2.75, 3.05) is 29.6 Å². The van der Waals surface area contributed by atoms with Crippen LogP contribution in [0.2, 0.25) is 0 Å². The van der Waals surface area contributed by atoms with Gasteiger partial charge in [-0.15, -0.1) is 0 Å². The summed E-state index contributed by atoms with van der Waals surface area (Å²) >= 11 is 1.28. The van der Waals surface area contributed by atoms with Crippen molar-refractivity contribution in [3.63, 3.8) is 0 Å². The maximum atomic E-state index is 12.0. The van der Waals surface area contributed by atoms with Gasteiger partial charge in [0.25, 0.3) is 0 Å². The fourth-order valence-electron chi connectivity index (χ4n) is 1.64. The van der Waals surface area contributed by atoms with Crippen LogP contribution in [-0.4, -0.2) is 47.1 Å². The number of hydrogen-bond donors (Lipinski definition) is 2. The summed E-state index contributed by atoms with van der Waals surface area (Å²) in [6.45, 7) is 0.218. The number of fused-ring (bicyclic) bond motifs is 1. The Morgan fingerprint density at radius 1 is 1.52 bits per heavy atom. The van der Waals surface area contributed by atoms with Crippen molar-refractivity contribution in [3.8, 4) is 0 Å². The second kappa shape index (κ2) is 6.48. The van der Waals surface area contributed by atoms with E-state index in [-0.39, 0.29) is 18.3 Å². The molecule has 0 saturated carbocycles. The van der Waals surface area contributed by atoms with Crippen molar-refractivity contribution in [1.82, 2.24) is 9.97 Å². The lowest BCUT2D eigenvalue weighted by molar-refractivity contribution is -0.174. The minimum Gasteiger partial charge on any atom is -0.370 e. The highest BCUT2D eigenvalue weighted by Gasteiger charge is 2.28. The SMILES string of the molecule is CC(COCC(F)(F)F)Nc1ncnc2c1NC(=O)CS2. The lowest BCUT2D eigenvalue weighted by atomic mass is 10.3. The molecule has 0 aromatic carbocycles. The molecule has 1 aliphatic rings. The van der Waals surface area contributed by atoms with E-state index in [0.29, 0.717) is 16.5 Å². The van der Waals surface area contributed by atoms with Crippen LogP contribution in [0.15, 0.2) is 11.4 Å². The molecule has 2 rings (SSSR count). The predicted octanol–water partition coefficient (Wildman–Crippen LogP) is 1.90. The Kier molecular flexibility index (Phi) is 4.88. The predicted molar refractivity (Wildman–Crippen MR) is 71.3 cm³/mol. The molecule has 1 atom stereocenters. The number of rotatable bonds is 5. The third-order valence-corrected chi connectivity index (χ3v) is 3.42. The van der Waals surface area contributed by atoms with Crippen molar-refractivity contribution in [3.05, 3.63) is 6.33 Å². The summed E-state index contributed by atoms with van der Waals surface area (Å²) in [6, 6.07) is -0.407. The molecule has 1 aromatic heterocycles. The number of amides is 1. The van der Waals surface area contributed by atoms with Crippen LogP contribution in [0.25, 0.3) is 0 Å². The summed E-state index contributed by atoms with van der Waals surface area (Å²) in [5.74, 6) is 0.461. The molecular formula is C11H13F3N4O2S. The van der Waals surface area contributed by atoms with Crippen LogP contribution in [-0.2, 0) is 9.53 Å². The summed E-state index contributed by atoms with van der Waals surface area (Å²) in [5.41, 5.74) is 0.446. The third-order valence-electron chi connectivity index (χ3n) is 2.43. The van der Waals surface area contributed by atoms with E-state index in [4.69, 9.17) is 0 Å². The fourth-order valence-corrected chi connectivity index (χ4v) is 2.39. The quantitative estimate of drug-likeness (QED) is 0.807. The Morgan fingerprint density at radius 2 is 2.29 bits per heavy atom. The smallest absolute Gasteiger partial charge is 0.370 e. The molecule has 6 nitrogen and oxygen atoms in total. The fraction of sp³-hybridized carbons (Fsp3) is 0.545. The number of ether oxygens (including phenoxy) is 1. The van der Waals surface area contributed by atoms with E-state index in [9.17, 15) is 18.0 Å². The first-order valence-electron chi connectivity index (χ1n) is 6.04. The number of hydrogen-bond acceptors (Lipinski definition) is 6. The average Bonchev–Trinajstić information content (AvgIpc) is 2.38. The molecule has 0 aliphatic carbocycles. The first-order chi connectivity index (χ1) is 9.85. The highest BCUT2D eigenvalue weighted by atomic mass is 32.2. The van der Waals surface area contributed by atoms with Gasteiger partial charge in [-0.25, -0.2) is 9.97 Å². The standard InChI is InChI=1S/C11H13F3N4O2S/c1-6(2-20-4-11(12,13)14)17-9-8-10(16-5-15-9)21-3-7(19)18-8/h5-6H,2-4H2,1H3,(H,18,19)(H,15,16,17). The van der Waals surface area contributed by atoms with Gasteiger partial charge in [-0.2, -0.15) is 13.2 Å². The normalized spacial score (nSPS) is 16.1. The molecule has 1 aliphatic heterocycles. The molecule has 21 heavy (non-hydrogen) atoms. The number of thioether (sulfide) groups is 1. The molecule has 0 saturated heterocycles. The molecular weight excluding hydrogens is 309 g/mol. The monoisotopic (exact) mass is 322 g/mol. The Labute approximate surface area is 122 Å². The van der Waals surface area contributed by atoms with E-state index >= 15 is 0 Å². The highest BCUT2D eigenvalue weighted by molar-refractivity contribution is 8.00. The van der Waals surface area contributed by atoms with Gasteiger partial charge in [0, 0.05) is 6.04 Å². The van der Waals surface area contributed by atoms with Crippen molar-refractivity contribution < 1.29 is 22.7 Å². The first kappa shape index (κ1) is 15.8.